The second-order valence-corrected chi connectivity index (χ2v) is 8.72. The van der Waals surface area contributed by atoms with Gasteiger partial charge < -0.3 is 18.6 Å². The average molecular weight is 504 g/mol. The predicted molar refractivity (Wildman–Crippen MR) is 137 cm³/mol. The molecule has 0 N–H and O–H groups in total. The van der Waals surface area contributed by atoms with Crippen LogP contribution in [0.3, 0.4) is 0 Å². The molecule has 2 aromatic carbocycles. The zero-order valence-corrected chi connectivity index (χ0v) is 21.5. The van der Waals surface area contributed by atoms with Gasteiger partial charge in [0.15, 0.2) is 18.1 Å². The molecule has 0 saturated heterocycles. The zero-order valence-electron chi connectivity index (χ0n) is 21.5. The summed E-state index contributed by atoms with van der Waals surface area (Å²) in [6.45, 7) is 6.09. The van der Waals surface area contributed by atoms with Gasteiger partial charge in [-0.25, -0.2) is 0 Å². The van der Waals surface area contributed by atoms with Gasteiger partial charge in [-0.15, -0.1) is 10.2 Å². The maximum atomic E-state index is 12.6. The van der Waals surface area contributed by atoms with Crippen LogP contribution < -0.4 is 14.2 Å². The van der Waals surface area contributed by atoms with Crippen LogP contribution in [-0.4, -0.2) is 47.7 Å². The van der Waals surface area contributed by atoms with Crippen molar-refractivity contribution in [1.29, 1.82) is 0 Å². The summed E-state index contributed by atoms with van der Waals surface area (Å²) in [5, 5.41) is 8.23. The summed E-state index contributed by atoms with van der Waals surface area (Å²) in [5.74, 6) is 1.19. The zero-order chi connectivity index (χ0) is 26.5. The Morgan fingerprint density at radius 2 is 1.70 bits per heavy atom. The molecule has 0 bridgehead atoms. The summed E-state index contributed by atoms with van der Waals surface area (Å²) < 4.78 is 22.8. The average Bonchev–Trinajstić information content (AvgIpc) is 3.36. The number of benzene rings is 2. The largest absolute Gasteiger partial charge is 0.493 e. The van der Waals surface area contributed by atoms with Crippen LogP contribution in [0.2, 0.25) is 0 Å². The number of hydrogen-bond donors (Lipinski definition) is 0. The van der Waals surface area contributed by atoms with Crippen molar-refractivity contribution < 1.29 is 28.2 Å². The van der Waals surface area contributed by atoms with Crippen molar-refractivity contribution in [2.75, 3.05) is 20.8 Å². The Labute approximate surface area is 215 Å². The SMILES string of the molecule is COc1cc(/C=C/C(=O)N2CCC=C(C)C2=O)cc(OC)c1OCc1nnc(-c2cc(C)cc(C)c2)o1. The lowest BCUT2D eigenvalue weighted by atomic mass is 10.1. The molecule has 4 rings (SSSR count). The van der Waals surface area contributed by atoms with E-state index in [1.54, 1.807) is 25.1 Å². The molecule has 2 amide bonds. The van der Waals surface area contributed by atoms with Gasteiger partial charge in [0, 0.05) is 23.8 Å². The second kappa shape index (κ2) is 11.1. The molecule has 1 aromatic heterocycles. The highest BCUT2D eigenvalue weighted by atomic mass is 16.5. The van der Waals surface area contributed by atoms with Crippen molar-refractivity contribution in [1.82, 2.24) is 15.1 Å². The highest BCUT2D eigenvalue weighted by Gasteiger charge is 2.23. The Balaban J connectivity index is 1.50. The van der Waals surface area contributed by atoms with Gasteiger partial charge in [-0.3, -0.25) is 14.5 Å². The van der Waals surface area contributed by atoms with Crippen molar-refractivity contribution in [3.63, 3.8) is 0 Å². The minimum absolute atomic E-state index is 0.00211. The van der Waals surface area contributed by atoms with Gasteiger partial charge in [-0.1, -0.05) is 23.3 Å². The number of amides is 2. The molecule has 37 heavy (non-hydrogen) atoms. The molecule has 0 spiro atoms. The van der Waals surface area contributed by atoms with Crippen LogP contribution >= 0.6 is 0 Å². The maximum Gasteiger partial charge on any atom is 0.256 e. The second-order valence-electron chi connectivity index (χ2n) is 8.72. The molecule has 9 nitrogen and oxygen atoms in total. The number of ether oxygens (including phenoxy) is 3. The molecule has 2 heterocycles. The third-order valence-corrected chi connectivity index (χ3v) is 5.83. The van der Waals surface area contributed by atoms with E-state index in [2.05, 4.69) is 16.3 Å². The number of carbonyl (C=O) groups is 2. The topological polar surface area (TPSA) is 104 Å². The number of rotatable bonds is 8. The highest BCUT2D eigenvalue weighted by molar-refractivity contribution is 6.09. The maximum absolute atomic E-state index is 12.6. The molecule has 0 fully saturated rings. The van der Waals surface area contributed by atoms with Crippen LogP contribution in [0.1, 0.15) is 35.9 Å². The predicted octanol–water partition coefficient (Wildman–Crippen LogP) is 4.67. The van der Waals surface area contributed by atoms with E-state index in [-0.39, 0.29) is 18.4 Å². The van der Waals surface area contributed by atoms with Gasteiger partial charge in [0.25, 0.3) is 17.7 Å². The number of imide groups is 1. The van der Waals surface area contributed by atoms with Crippen LogP contribution in [0.5, 0.6) is 17.2 Å². The van der Waals surface area contributed by atoms with Crippen molar-refractivity contribution in [3.8, 4) is 28.7 Å². The summed E-state index contributed by atoms with van der Waals surface area (Å²) in [7, 11) is 3.01. The van der Waals surface area contributed by atoms with E-state index in [9.17, 15) is 9.59 Å². The van der Waals surface area contributed by atoms with Gasteiger partial charge >= 0.3 is 0 Å². The summed E-state index contributed by atoms with van der Waals surface area (Å²) in [6, 6.07) is 9.45. The minimum atomic E-state index is -0.383. The first kappa shape index (κ1) is 25.7. The van der Waals surface area contributed by atoms with E-state index in [4.69, 9.17) is 18.6 Å². The van der Waals surface area contributed by atoms with Crippen LogP contribution in [0.25, 0.3) is 17.5 Å². The van der Waals surface area contributed by atoms with Crippen LogP contribution in [0.4, 0.5) is 0 Å². The van der Waals surface area contributed by atoms with E-state index in [1.165, 1.54) is 25.2 Å². The van der Waals surface area contributed by atoms with Crippen molar-refractivity contribution >= 4 is 17.9 Å². The Morgan fingerprint density at radius 3 is 2.35 bits per heavy atom. The molecule has 3 aromatic rings. The molecule has 1 aliphatic rings. The summed E-state index contributed by atoms with van der Waals surface area (Å²) >= 11 is 0. The van der Waals surface area contributed by atoms with Gasteiger partial charge in [0.05, 0.1) is 14.2 Å². The minimum Gasteiger partial charge on any atom is -0.493 e. The smallest absolute Gasteiger partial charge is 0.256 e. The van der Waals surface area contributed by atoms with E-state index in [1.807, 2.05) is 32.1 Å². The van der Waals surface area contributed by atoms with E-state index >= 15 is 0 Å². The normalized spacial score (nSPS) is 13.6. The Kier molecular flexibility index (Phi) is 7.71. The monoisotopic (exact) mass is 503 g/mol. The third-order valence-electron chi connectivity index (χ3n) is 5.83. The number of carbonyl (C=O) groups excluding carboxylic acids is 2. The molecule has 9 heteroatoms. The fourth-order valence-corrected chi connectivity index (χ4v) is 4.08. The molecular weight excluding hydrogens is 474 g/mol. The first-order valence-electron chi connectivity index (χ1n) is 11.8. The van der Waals surface area contributed by atoms with Gasteiger partial charge in [-0.2, -0.15) is 0 Å². The highest BCUT2D eigenvalue weighted by Crippen LogP contribution is 2.39. The van der Waals surface area contributed by atoms with Gasteiger partial charge in [0.1, 0.15) is 0 Å². The quantitative estimate of drug-likeness (QED) is 0.409. The summed E-state index contributed by atoms with van der Waals surface area (Å²) in [5.41, 5.74) is 4.26. The molecular formula is C28H29N3O6. The molecule has 0 atom stereocenters. The van der Waals surface area contributed by atoms with Gasteiger partial charge in [-0.05, 0) is 63.1 Å². The van der Waals surface area contributed by atoms with Crippen molar-refractivity contribution in [2.24, 2.45) is 0 Å². The molecule has 0 aliphatic carbocycles. The van der Waals surface area contributed by atoms with Gasteiger partial charge in [0.2, 0.25) is 11.6 Å². The lowest BCUT2D eigenvalue weighted by molar-refractivity contribution is -0.139. The first-order valence-corrected chi connectivity index (χ1v) is 11.8. The number of aryl methyl sites for hydroxylation is 2. The Hall–Kier alpha value is -4.40. The van der Waals surface area contributed by atoms with E-state index in [0.29, 0.717) is 53.1 Å². The standard InChI is InChI=1S/C28H29N3O6/c1-17-11-18(2)13-21(12-17)27-30-29-24(37-27)16-36-26-22(34-4)14-20(15-23(26)35-5)8-9-25(32)31-10-6-7-19(3)28(31)33/h7-9,11-15H,6,10,16H2,1-5H3/b9-8+. The lowest BCUT2D eigenvalue weighted by Gasteiger charge is -2.22. The van der Waals surface area contributed by atoms with Crippen LogP contribution in [-0.2, 0) is 16.2 Å². The molecule has 1 aliphatic heterocycles. The molecule has 192 valence electrons. The summed E-state index contributed by atoms with van der Waals surface area (Å²) in [6.07, 6.45) is 5.45. The molecule has 0 saturated carbocycles. The number of aromatic nitrogens is 2. The van der Waals surface area contributed by atoms with Crippen LogP contribution in [0, 0.1) is 13.8 Å². The van der Waals surface area contributed by atoms with E-state index in [0.717, 1.165) is 16.7 Å². The van der Waals surface area contributed by atoms with E-state index < -0.39 is 0 Å². The molecule has 0 radical (unpaired) electrons. The third kappa shape index (κ3) is 5.88. The Bertz CT molecular complexity index is 1340. The molecule has 0 unspecified atom stereocenters. The first-order chi connectivity index (χ1) is 17.8. The number of hydrogen-bond acceptors (Lipinski definition) is 8. The van der Waals surface area contributed by atoms with Crippen LogP contribution in [0.15, 0.2) is 52.5 Å². The van der Waals surface area contributed by atoms with Crippen molar-refractivity contribution in [3.05, 3.63) is 70.6 Å². The lowest BCUT2D eigenvalue weighted by Crippen LogP contribution is -2.39. The fourth-order valence-electron chi connectivity index (χ4n) is 4.08. The Morgan fingerprint density at radius 1 is 1.03 bits per heavy atom. The summed E-state index contributed by atoms with van der Waals surface area (Å²) in [4.78, 5) is 26.1. The number of methoxy groups -OCH3 is 2. The fraction of sp³-hybridized carbons (Fsp3) is 0.286. The number of nitrogens with zero attached hydrogens (tertiary/aromatic N) is 3. The van der Waals surface area contributed by atoms with Crippen molar-refractivity contribution in [2.45, 2.75) is 33.8 Å².